The quantitative estimate of drug-likeness (QED) is 0.423. The average Bonchev–Trinajstić information content (AvgIpc) is 3.32. The third-order valence-corrected chi connectivity index (χ3v) is 14.0. The molecule has 0 bridgehead atoms. The van der Waals surface area contributed by atoms with Gasteiger partial charge in [-0.3, -0.25) is 4.79 Å². The molecule has 9 atom stereocenters. The van der Waals surface area contributed by atoms with Crippen molar-refractivity contribution in [3.8, 4) is 0 Å². The molecule has 0 amide bonds. The number of esters is 1. The van der Waals surface area contributed by atoms with Gasteiger partial charge in [-0.15, -0.1) is 0 Å². The average molecular weight is 507 g/mol. The SMILES string of the molecule is CC1(C)C(O)CCC2(C)C1CCC1(C)C2CCC2C3CCCC3(C(=O)OCc3ccccc3)CC[C@]21C. The maximum Gasteiger partial charge on any atom is 0.312 e. The van der Waals surface area contributed by atoms with Crippen LogP contribution < -0.4 is 0 Å². The fraction of sp³-hybridized carbons (Fsp3) is 0.794. The summed E-state index contributed by atoms with van der Waals surface area (Å²) in [4.78, 5) is 13.8. The first-order valence-electron chi connectivity index (χ1n) is 15.4. The van der Waals surface area contributed by atoms with E-state index in [0.717, 1.165) is 31.2 Å². The van der Waals surface area contributed by atoms with Crippen molar-refractivity contribution in [3.05, 3.63) is 35.9 Å². The van der Waals surface area contributed by atoms with Gasteiger partial charge in [-0.2, -0.15) is 0 Å². The zero-order chi connectivity index (χ0) is 26.3. The summed E-state index contributed by atoms with van der Waals surface area (Å²) in [5.41, 5.74) is 1.72. The summed E-state index contributed by atoms with van der Waals surface area (Å²) in [5.74, 6) is 2.50. The van der Waals surface area contributed by atoms with E-state index in [1.165, 1.54) is 44.9 Å². The smallest absolute Gasteiger partial charge is 0.312 e. The van der Waals surface area contributed by atoms with E-state index in [9.17, 15) is 9.90 Å². The zero-order valence-corrected chi connectivity index (χ0v) is 24.0. The third kappa shape index (κ3) is 3.44. The summed E-state index contributed by atoms with van der Waals surface area (Å²) in [6.07, 6.45) is 12.6. The number of fused-ring (bicyclic) bond motifs is 7. The number of benzene rings is 1. The highest BCUT2D eigenvalue weighted by molar-refractivity contribution is 5.78. The normalized spacial score (nSPS) is 48.2. The molecule has 1 aromatic rings. The molecule has 5 aliphatic carbocycles. The Balaban J connectivity index is 1.28. The molecule has 0 aliphatic heterocycles. The number of aliphatic hydroxyl groups excluding tert-OH is 1. The van der Waals surface area contributed by atoms with Gasteiger partial charge in [0, 0.05) is 0 Å². The molecule has 1 N–H and O–H groups in total. The number of ether oxygens (including phenoxy) is 1. The van der Waals surface area contributed by atoms with Crippen molar-refractivity contribution < 1.29 is 14.6 Å². The van der Waals surface area contributed by atoms with Gasteiger partial charge in [0.25, 0.3) is 0 Å². The molecule has 0 spiro atoms. The maximum atomic E-state index is 13.8. The van der Waals surface area contributed by atoms with E-state index in [-0.39, 0.29) is 28.3 Å². The largest absolute Gasteiger partial charge is 0.460 e. The first-order valence-corrected chi connectivity index (χ1v) is 15.4. The Labute approximate surface area is 225 Å². The van der Waals surface area contributed by atoms with Gasteiger partial charge in [-0.25, -0.2) is 0 Å². The van der Waals surface area contributed by atoms with Crippen LogP contribution in [-0.4, -0.2) is 17.2 Å². The second-order valence-corrected chi connectivity index (χ2v) is 15.3. The van der Waals surface area contributed by atoms with Crippen molar-refractivity contribution in [2.45, 2.75) is 118 Å². The highest BCUT2D eigenvalue weighted by Gasteiger charge is 2.70. The lowest BCUT2D eigenvalue weighted by Gasteiger charge is -2.72. The minimum atomic E-state index is -0.264. The second kappa shape index (κ2) is 8.57. The standard InChI is InChI=1S/C34H50O3/c1-30(2)26-15-19-33(5)27(31(26,3)18-16-28(30)35)14-13-24-25-12-9-17-34(25,21-20-32(24,33)4)29(36)37-22-23-10-7-6-8-11-23/h6-8,10-11,24-28,35H,9,12-22H2,1-5H3/t24?,25?,26?,27?,28?,31?,32-,33?,34?/m1/s1. The lowest BCUT2D eigenvalue weighted by atomic mass is 9.32. The number of hydrogen-bond donors (Lipinski definition) is 1. The molecule has 0 heterocycles. The van der Waals surface area contributed by atoms with Crippen molar-refractivity contribution in [2.75, 3.05) is 0 Å². The van der Waals surface area contributed by atoms with Gasteiger partial charge in [-0.05, 0) is 115 Å². The van der Waals surface area contributed by atoms with E-state index in [2.05, 4.69) is 46.8 Å². The lowest BCUT2D eigenvalue weighted by Crippen LogP contribution is -2.66. The number of carbonyl (C=O) groups is 1. The van der Waals surface area contributed by atoms with Crippen LogP contribution in [0, 0.1) is 50.7 Å². The number of carbonyl (C=O) groups excluding carboxylic acids is 1. The van der Waals surface area contributed by atoms with Gasteiger partial charge in [-0.1, -0.05) is 71.4 Å². The van der Waals surface area contributed by atoms with E-state index in [1.54, 1.807) is 0 Å². The van der Waals surface area contributed by atoms with Gasteiger partial charge in [0.05, 0.1) is 11.5 Å². The second-order valence-electron chi connectivity index (χ2n) is 15.3. The van der Waals surface area contributed by atoms with Crippen molar-refractivity contribution in [3.63, 3.8) is 0 Å². The highest BCUT2D eigenvalue weighted by atomic mass is 16.5. The van der Waals surface area contributed by atoms with Crippen LogP contribution in [0.4, 0.5) is 0 Å². The van der Waals surface area contributed by atoms with Crippen LogP contribution >= 0.6 is 0 Å². The molecule has 37 heavy (non-hydrogen) atoms. The third-order valence-electron chi connectivity index (χ3n) is 14.0. The van der Waals surface area contributed by atoms with Crippen LogP contribution in [-0.2, 0) is 16.1 Å². The predicted octanol–water partition coefficient (Wildman–Crippen LogP) is 7.95. The first-order chi connectivity index (χ1) is 17.5. The van der Waals surface area contributed by atoms with Gasteiger partial charge >= 0.3 is 5.97 Å². The van der Waals surface area contributed by atoms with Crippen LogP contribution in [0.25, 0.3) is 0 Å². The molecule has 1 aromatic carbocycles. The molecule has 8 unspecified atom stereocenters. The summed E-state index contributed by atoms with van der Waals surface area (Å²) in [5, 5.41) is 10.9. The monoisotopic (exact) mass is 506 g/mol. The fourth-order valence-electron chi connectivity index (χ4n) is 11.8. The Kier molecular flexibility index (Phi) is 6.00. The Morgan fingerprint density at radius 1 is 0.811 bits per heavy atom. The summed E-state index contributed by atoms with van der Waals surface area (Å²) in [6.45, 7) is 13.0. The Morgan fingerprint density at radius 3 is 2.32 bits per heavy atom. The lowest BCUT2D eigenvalue weighted by molar-refractivity contribution is -0.247. The summed E-state index contributed by atoms with van der Waals surface area (Å²) in [6, 6.07) is 10.2. The van der Waals surface area contributed by atoms with Crippen molar-refractivity contribution in [1.82, 2.24) is 0 Å². The number of hydrogen-bond acceptors (Lipinski definition) is 3. The molecule has 5 fully saturated rings. The fourth-order valence-corrected chi connectivity index (χ4v) is 11.8. The molecular weight excluding hydrogens is 456 g/mol. The van der Waals surface area contributed by atoms with Crippen LogP contribution in [0.3, 0.4) is 0 Å². The van der Waals surface area contributed by atoms with E-state index in [0.29, 0.717) is 41.1 Å². The Bertz CT molecular complexity index is 1030. The topological polar surface area (TPSA) is 46.5 Å². The number of aliphatic hydroxyl groups is 1. The van der Waals surface area contributed by atoms with Crippen LogP contribution in [0.1, 0.15) is 111 Å². The molecule has 0 radical (unpaired) electrons. The molecular formula is C34H50O3. The zero-order valence-electron chi connectivity index (χ0n) is 24.0. The van der Waals surface area contributed by atoms with Crippen molar-refractivity contribution in [1.29, 1.82) is 0 Å². The van der Waals surface area contributed by atoms with Crippen molar-refractivity contribution >= 4 is 5.97 Å². The molecule has 5 aliphatic rings. The number of rotatable bonds is 3. The highest BCUT2D eigenvalue weighted by Crippen LogP contribution is 2.76. The Morgan fingerprint density at radius 2 is 1.57 bits per heavy atom. The van der Waals surface area contributed by atoms with Gasteiger partial charge in [0.2, 0.25) is 0 Å². The first kappa shape index (κ1) is 25.9. The maximum absolute atomic E-state index is 13.8. The minimum absolute atomic E-state index is 0.00175. The predicted molar refractivity (Wildman–Crippen MR) is 148 cm³/mol. The van der Waals surface area contributed by atoms with Crippen LogP contribution in [0.15, 0.2) is 30.3 Å². The molecule has 5 saturated carbocycles. The summed E-state index contributed by atoms with van der Waals surface area (Å²) >= 11 is 0. The van der Waals surface area contributed by atoms with Crippen LogP contribution in [0.2, 0.25) is 0 Å². The summed E-state index contributed by atoms with van der Waals surface area (Å²) in [7, 11) is 0. The van der Waals surface area contributed by atoms with E-state index < -0.39 is 0 Å². The minimum Gasteiger partial charge on any atom is -0.460 e. The van der Waals surface area contributed by atoms with Gasteiger partial charge in [0.15, 0.2) is 0 Å². The molecule has 0 saturated heterocycles. The van der Waals surface area contributed by atoms with E-state index >= 15 is 0 Å². The molecule has 0 aromatic heterocycles. The van der Waals surface area contributed by atoms with Gasteiger partial charge in [0.1, 0.15) is 6.61 Å². The molecule has 3 nitrogen and oxygen atoms in total. The van der Waals surface area contributed by atoms with E-state index in [1.807, 2.05) is 18.2 Å². The summed E-state index contributed by atoms with van der Waals surface area (Å²) < 4.78 is 6.07. The Hall–Kier alpha value is -1.35. The molecule has 6 rings (SSSR count). The van der Waals surface area contributed by atoms with E-state index in [4.69, 9.17) is 4.74 Å². The molecule has 204 valence electrons. The molecule has 3 heteroatoms. The van der Waals surface area contributed by atoms with Crippen LogP contribution in [0.5, 0.6) is 0 Å². The van der Waals surface area contributed by atoms with Crippen molar-refractivity contribution in [2.24, 2.45) is 50.7 Å². The van der Waals surface area contributed by atoms with Gasteiger partial charge < -0.3 is 9.84 Å².